The van der Waals surface area contributed by atoms with Crippen LogP contribution in [0.25, 0.3) is 44.1 Å². The molecule has 396 valence electrons. The highest BCUT2D eigenvalue weighted by Crippen LogP contribution is 2.34. The minimum absolute atomic E-state index is 0.0402. The van der Waals surface area contributed by atoms with Crippen molar-refractivity contribution in [3.63, 3.8) is 0 Å². The average Bonchev–Trinajstić information content (AvgIpc) is 3.39. The monoisotopic (exact) mass is 1150 g/mol. The van der Waals surface area contributed by atoms with Gasteiger partial charge in [0.15, 0.2) is 0 Å². The third-order valence-corrected chi connectivity index (χ3v) is 15.1. The van der Waals surface area contributed by atoms with Gasteiger partial charge in [-0.05, 0) is 83.9 Å². The topological polar surface area (TPSA) is 265 Å². The van der Waals surface area contributed by atoms with Gasteiger partial charge in [-0.25, -0.2) is 36.8 Å². The first kappa shape index (κ1) is 56.4. The van der Waals surface area contributed by atoms with Crippen LogP contribution in [0.15, 0.2) is 129 Å². The van der Waals surface area contributed by atoms with Gasteiger partial charge in [0, 0.05) is 70.8 Å². The Morgan fingerprint density at radius 3 is 1.22 bits per heavy atom. The molecule has 0 bridgehead atoms. The van der Waals surface area contributed by atoms with Crippen LogP contribution in [0.2, 0.25) is 20.1 Å². The Morgan fingerprint density at radius 2 is 0.895 bits per heavy atom. The molecule has 76 heavy (non-hydrogen) atoms. The number of carbonyl (C=O) groups is 2. The number of aromatic nitrogens is 6. The van der Waals surface area contributed by atoms with Crippen molar-refractivity contribution in [1.29, 1.82) is 0 Å². The number of anilines is 2. The molecule has 4 N–H and O–H groups in total. The minimum Gasteiger partial charge on any atom is -0.480 e. The standard InChI is InChI=1S/2C25H23Cl2N5O5S/c2*1-14(23(33)28-2)12-32-13-30-21-5-4-15(6-20(21)25(32)34)16-7-22(24(37-3)29-11-16)31-38(35,36)19-9-17(26)8-18(27)10-19/h2*4-11,13-14,31H,12H2,1-3H3,(H,28,33)/t2*14-/m10/s1. The Labute approximate surface area is 455 Å². The SMILES string of the molecule is CNC(=O)[C@@H](C)Cn1cnc2ccc(-c3cnc(OC)c(NS(=O)(=O)c4cc(Cl)cc(Cl)c4)c3)cc2c1=O.CNC(=O)[C@H](C)Cn1cnc2ccc(-c3cnc(OC)c(NS(=O)(=O)c4cc(Cl)cc(Cl)c4)c3)cc2c1=O. The Bertz CT molecular complexity index is 3630. The van der Waals surface area contributed by atoms with Gasteiger partial charge in [0.2, 0.25) is 23.6 Å². The summed E-state index contributed by atoms with van der Waals surface area (Å²) in [5, 5.41) is 6.45. The number of nitrogens with one attached hydrogen (secondary N) is 4. The molecule has 0 saturated carbocycles. The number of hydrogen-bond donors (Lipinski definition) is 4. The number of fused-ring (bicyclic) bond motifs is 2. The van der Waals surface area contributed by atoms with Crippen molar-refractivity contribution in [2.75, 3.05) is 37.8 Å². The van der Waals surface area contributed by atoms with Crippen molar-refractivity contribution in [2.24, 2.45) is 11.8 Å². The lowest BCUT2D eigenvalue weighted by Crippen LogP contribution is -2.32. The zero-order chi connectivity index (χ0) is 55.2. The van der Waals surface area contributed by atoms with E-state index in [1.165, 1.54) is 98.9 Å². The van der Waals surface area contributed by atoms with Gasteiger partial charge in [-0.3, -0.25) is 37.8 Å². The highest BCUT2D eigenvalue weighted by atomic mass is 35.5. The van der Waals surface area contributed by atoms with Crippen LogP contribution in [0.4, 0.5) is 11.4 Å². The first-order chi connectivity index (χ1) is 36.0. The number of methoxy groups -OCH3 is 2. The quantitative estimate of drug-likeness (QED) is 0.0717. The van der Waals surface area contributed by atoms with Crippen LogP contribution in [0.5, 0.6) is 11.8 Å². The fourth-order valence-corrected chi connectivity index (χ4v) is 11.2. The molecule has 8 rings (SSSR count). The lowest BCUT2D eigenvalue weighted by Gasteiger charge is -2.14. The maximum Gasteiger partial charge on any atom is 0.262 e. The molecule has 0 saturated heterocycles. The maximum absolute atomic E-state index is 13.2. The predicted octanol–water partition coefficient (Wildman–Crippen LogP) is 7.91. The van der Waals surface area contributed by atoms with Crippen molar-refractivity contribution in [3.8, 4) is 34.0 Å². The fraction of sp³-hybridized carbons (Fsp3) is 0.200. The summed E-state index contributed by atoms with van der Waals surface area (Å²) in [6.07, 6.45) is 5.81. The van der Waals surface area contributed by atoms with Gasteiger partial charge in [0.1, 0.15) is 11.4 Å². The van der Waals surface area contributed by atoms with Crippen LogP contribution in [-0.2, 0) is 42.7 Å². The summed E-state index contributed by atoms with van der Waals surface area (Å²) in [5.41, 5.74) is 2.69. The average molecular weight is 1150 g/mol. The van der Waals surface area contributed by atoms with E-state index in [0.717, 1.165) is 0 Å². The molecule has 0 unspecified atom stereocenters. The molecule has 0 aliphatic rings. The fourth-order valence-electron chi connectivity index (χ4n) is 7.65. The van der Waals surface area contributed by atoms with Gasteiger partial charge in [-0.1, -0.05) is 72.4 Å². The van der Waals surface area contributed by atoms with Crippen molar-refractivity contribution >= 4 is 111 Å². The largest absolute Gasteiger partial charge is 0.480 e. The Kier molecular flexibility index (Phi) is 17.6. The number of ether oxygens (including phenoxy) is 2. The molecule has 0 radical (unpaired) electrons. The van der Waals surface area contributed by atoms with Crippen LogP contribution in [0, 0.1) is 11.8 Å². The first-order valence-electron chi connectivity index (χ1n) is 22.5. The highest BCUT2D eigenvalue weighted by molar-refractivity contribution is 7.93. The highest BCUT2D eigenvalue weighted by Gasteiger charge is 2.23. The molecular formula is C50H46Cl4N10O10S2. The lowest BCUT2D eigenvalue weighted by molar-refractivity contribution is -0.125. The summed E-state index contributed by atoms with van der Waals surface area (Å²) in [5.74, 6) is -1.17. The van der Waals surface area contributed by atoms with Crippen LogP contribution < -0.4 is 40.7 Å². The molecule has 2 amide bonds. The van der Waals surface area contributed by atoms with Crippen molar-refractivity contribution < 1.29 is 35.9 Å². The number of amides is 2. The Balaban J connectivity index is 0.000000221. The summed E-state index contributed by atoms with van der Waals surface area (Å²) in [7, 11) is -2.39. The van der Waals surface area contributed by atoms with Crippen LogP contribution >= 0.6 is 46.4 Å². The molecule has 20 nitrogen and oxygen atoms in total. The smallest absolute Gasteiger partial charge is 0.262 e. The number of nitrogens with zero attached hydrogens (tertiary/aromatic N) is 6. The van der Waals surface area contributed by atoms with Gasteiger partial charge < -0.3 is 20.1 Å². The Morgan fingerprint density at radius 1 is 0.539 bits per heavy atom. The summed E-state index contributed by atoms with van der Waals surface area (Å²) >= 11 is 23.9. The number of carbonyl (C=O) groups excluding carboxylic acids is 2. The van der Waals surface area contributed by atoms with Crippen LogP contribution in [0.1, 0.15) is 13.8 Å². The molecule has 0 aliphatic heterocycles. The van der Waals surface area contributed by atoms with E-state index >= 15 is 0 Å². The van der Waals surface area contributed by atoms with E-state index in [9.17, 15) is 36.0 Å². The van der Waals surface area contributed by atoms with E-state index in [-0.39, 0.29) is 89.0 Å². The molecule has 26 heteroatoms. The first-order valence-corrected chi connectivity index (χ1v) is 27.0. The second-order valence-corrected chi connectivity index (χ2v) is 22.0. The van der Waals surface area contributed by atoms with Gasteiger partial charge in [-0.2, -0.15) is 0 Å². The molecule has 4 aromatic heterocycles. The van der Waals surface area contributed by atoms with Crippen LogP contribution in [-0.4, -0.2) is 86.0 Å². The molecule has 4 aromatic carbocycles. The zero-order valence-corrected chi connectivity index (χ0v) is 45.7. The zero-order valence-electron chi connectivity index (χ0n) is 41.1. The van der Waals surface area contributed by atoms with Gasteiger partial charge >= 0.3 is 0 Å². The van der Waals surface area contributed by atoms with E-state index < -0.39 is 31.9 Å². The summed E-state index contributed by atoms with van der Waals surface area (Å²) in [4.78, 5) is 67.0. The van der Waals surface area contributed by atoms with Gasteiger partial charge in [-0.15, -0.1) is 0 Å². The number of halogens is 4. The summed E-state index contributed by atoms with van der Waals surface area (Å²) in [6.45, 7) is 3.76. The molecule has 4 heterocycles. The second kappa shape index (κ2) is 23.7. The van der Waals surface area contributed by atoms with Gasteiger partial charge in [0.05, 0.1) is 70.3 Å². The van der Waals surface area contributed by atoms with E-state index in [2.05, 4.69) is 40.0 Å². The van der Waals surface area contributed by atoms with Crippen molar-refractivity contribution in [2.45, 2.75) is 36.7 Å². The molecule has 0 aliphatic carbocycles. The maximum atomic E-state index is 13.2. The summed E-state index contributed by atoms with van der Waals surface area (Å²) in [6, 6.07) is 21.1. The van der Waals surface area contributed by atoms with Crippen molar-refractivity contribution in [3.05, 3.63) is 151 Å². The molecular weight excluding hydrogens is 1110 g/mol. The molecule has 2 atom stereocenters. The second-order valence-electron chi connectivity index (χ2n) is 16.9. The minimum atomic E-state index is -4.09. The van der Waals surface area contributed by atoms with E-state index in [4.69, 9.17) is 55.9 Å². The van der Waals surface area contributed by atoms with E-state index in [0.29, 0.717) is 44.1 Å². The number of benzene rings is 4. The number of hydrogen-bond acceptors (Lipinski definition) is 14. The normalized spacial score (nSPS) is 12.2. The third kappa shape index (κ3) is 13.0. The van der Waals surface area contributed by atoms with E-state index in [1.54, 1.807) is 62.4 Å². The molecule has 8 aromatic rings. The predicted molar refractivity (Wildman–Crippen MR) is 293 cm³/mol. The Hall–Kier alpha value is -7.34. The van der Waals surface area contributed by atoms with E-state index in [1.807, 2.05) is 0 Å². The molecule has 0 spiro atoms. The van der Waals surface area contributed by atoms with Crippen molar-refractivity contribution in [1.82, 2.24) is 39.7 Å². The number of pyridine rings is 2. The summed E-state index contributed by atoms with van der Waals surface area (Å²) < 4.78 is 70.4. The van der Waals surface area contributed by atoms with Crippen LogP contribution in [0.3, 0.4) is 0 Å². The number of rotatable bonds is 16. The lowest BCUT2D eigenvalue weighted by atomic mass is 10.0. The number of sulfonamides is 2. The molecule has 0 fully saturated rings. The van der Waals surface area contributed by atoms with Gasteiger partial charge in [0.25, 0.3) is 31.2 Å². The third-order valence-electron chi connectivity index (χ3n) is 11.5.